The third kappa shape index (κ3) is 4.20. The molecule has 0 unspecified atom stereocenters. The number of fused-ring (bicyclic) bond motifs is 1. The van der Waals surface area contributed by atoms with Crippen LogP contribution in [-0.4, -0.2) is 54.9 Å². The van der Waals surface area contributed by atoms with Gasteiger partial charge in [-0.05, 0) is 17.7 Å². The molecule has 0 bridgehead atoms. The highest BCUT2D eigenvalue weighted by atomic mass is 32.2. The molecule has 8 nitrogen and oxygen atoms in total. The van der Waals surface area contributed by atoms with E-state index in [-0.39, 0.29) is 12.5 Å². The fraction of sp³-hybridized carbons (Fsp3) is 0.333. The largest absolute Gasteiger partial charge is 0.382 e. The van der Waals surface area contributed by atoms with Gasteiger partial charge in [0.15, 0.2) is 11.5 Å². The van der Waals surface area contributed by atoms with Gasteiger partial charge in [0.2, 0.25) is 5.91 Å². The van der Waals surface area contributed by atoms with Crippen molar-refractivity contribution in [2.24, 2.45) is 0 Å². The lowest BCUT2D eigenvalue weighted by molar-refractivity contribution is -0.116. The first kappa shape index (κ1) is 17.7. The maximum atomic E-state index is 12.5. The van der Waals surface area contributed by atoms with Crippen molar-refractivity contribution in [1.29, 1.82) is 0 Å². The second kappa shape index (κ2) is 7.93. The molecule has 3 heterocycles. The monoisotopic (exact) mass is 383 g/mol. The van der Waals surface area contributed by atoms with Crippen LogP contribution in [0.4, 0.5) is 11.5 Å². The Bertz CT molecular complexity index is 952. The van der Waals surface area contributed by atoms with Gasteiger partial charge >= 0.3 is 0 Å². The Morgan fingerprint density at radius 3 is 2.93 bits per heavy atom. The molecule has 0 radical (unpaired) electrons. The third-order valence-electron chi connectivity index (χ3n) is 4.46. The van der Waals surface area contributed by atoms with E-state index in [0.29, 0.717) is 17.0 Å². The molecule has 4 rings (SSSR count). The second-order valence-electron chi connectivity index (χ2n) is 6.44. The lowest BCUT2D eigenvalue weighted by atomic mass is 10.2. The van der Waals surface area contributed by atoms with E-state index in [1.165, 1.54) is 23.4 Å². The predicted octanol–water partition coefficient (Wildman–Crippen LogP) is 1.60. The summed E-state index contributed by atoms with van der Waals surface area (Å²) in [5.41, 5.74) is 8.84. The summed E-state index contributed by atoms with van der Waals surface area (Å²) in [5.74, 6) is 2.54. The van der Waals surface area contributed by atoms with Crippen LogP contribution < -0.4 is 11.1 Å². The van der Waals surface area contributed by atoms with Gasteiger partial charge in [0.05, 0.1) is 6.33 Å². The van der Waals surface area contributed by atoms with Crippen molar-refractivity contribution in [3.05, 3.63) is 42.5 Å². The quantitative estimate of drug-likeness (QED) is 0.690. The first-order valence-electron chi connectivity index (χ1n) is 8.79. The van der Waals surface area contributed by atoms with E-state index < -0.39 is 0 Å². The van der Waals surface area contributed by atoms with E-state index >= 15 is 0 Å². The predicted molar refractivity (Wildman–Crippen MR) is 107 cm³/mol. The summed E-state index contributed by atoms with van der Waals surface area (Å²) < 4.78 is 1.66. The number of benzene rings is 1. The molecule has 3 N–H and O–H groups in total. The highest BCUT2D eigenvalue weighted by Gasteiger charge is 2.13. The minimum atomic E-state index is -0.141. The number of carbonyl (C=O) groups is 1. The number of nitrogens with zero attached hydrogens (tertiary/aromatic N) is 5. The van der Waals surface area contributed by atoms with Crippen LogP contribution in [0.2, 0.25) is 0 Å². The van der Waals surface area contributed by atoms with Crippen LogP contribution in [0.25, 0.3) is 11.2 Å². The lowest BCUT2D eigenvalue weighted by Gasteiger charge is -2.26. The van der Waals surface area contributed by atoms with Gasteiger partial charge in [0.25, 0.3) is 0 Å². The van der Waals surface area contributed by atoms with Crippen molar-refractivity contribution in [2.75, 3.05) is 35.6 Å². The molecule has 2 aromatic heterocycles. The Kier molecular flexibility index (Phi) is 5.21. The molecule has 1 saturated heterocycles. The Hall–Kier alpha value is -2.65. The summed E-state index contributed by atoms with van der Waals surface area (Å²) in [6.45, 7) is 3.24. The zero-order valence-electron chi connectivity index (χ0n) is 14.8. The first-order chi connectivity index (χ1) is 13.2. The van der Waals surface area contributed by atoms with E-state index in [9.17, 15) is 4.79 Å². The fourth-order valence-electron chi connectivity index (χ4n) is 3.13. The van der Waals surface area contributed by atoms with Gasteiger partial charge in [-0.2, -0.15) is 11.8 Å². The van der Waals surface area contributed by atoms with Gasteiger partial charge in [0.1, 0.15) is 18.4 Å². The standard InChI is InChI=1S/C18H21N7OS/c19-17-16-18(21-11-20-17)25(12-22-16)10-15(26)23-14-3-1-2-13(8-14)9-24-4-6-27-7-5-24/h1-3,8,11-12H,4-7,9-10H2,(H,23,26)(H2,19,20,21). The topological polar surface area (TPSA) is 102 Å². The minimum Gasteiger partial charge on any atom is -0.382 e. The summed E-state index contributed by atoms with van der Waals surface area (Å²) in [7, 11) is 0. The summed E-state index contributed by atoms with van der Waals surface area (Å²) in [6, 6.07) is 8.01. The fourth-order valence-corrected chi connectivity index (χ4v) is 4.11. The molecule has 1 fully saturated rings. The molecule has 1 aliphatic heterocycles. The van der Waals surface area contributed by atoms with Crippen molar-refractivity contribution >= 4 is 40.3 Å². The molecule has 0 atom stereocenters. The molecule has 0 aliphatic carbocycles. The molecule has 9 heteroatoms. The molecule has 0 saturated carbocycles. The van der Waals surface area contributed by atoms with E-state index in [0.717, 1.165) is 25.3 Å². The van der Waals surface area contributed by atoms with Crippen LogP contribution in [0.15, 0.2) is 36.9 Å². The zero-order valence-corrected chi connectivity index (χ0v) is 15.7. The second-order valence-corrected chi connectivity index (χ2v) is 7.67. The Balaban J connectivity index is 1.41. The van der Waals surface area contributed by atoms with Gasteiger partial charge in [-0.3, -0.25) is 9.69 Å². The average molecular weight is 383 g/mol. The number of hydrogen-bond acceptors (Lipinski definition) is 7. The Labute approximate surface area is 161 Å². The van der Waals surface area contributed by atoms with Crippen LogP contribution in [0.1, 0.15) is 5.56 Å². The van der Waals surface area contributed by atoms with Gasteiger partial charge < -0.3 is 15.6 Å². The number of anilines is 2. The van der Waals surface area contributed by atoms with E-state index in [4.69, 9.17) is 5.73 Å². The summed E-state index contributed by atoms with van der Waals surface area (Å²) in [5, 5.41) is 2.95. The van der Waals surface area contributed by atoms with Crippen LogP contribution in [-0.2, 0) is 17.9 Å². The number of nitrogens with two attached hydrogens (primary N) is 1. The first-order valence-corrected chi connectivity index (χ1v) is 9.95. The number of thioether (sulfide) groups is 1. The molecule has 3 aromatic rings. The number of amides is 1. The van der Waals surface area contributed by atoms with Crippen LogP contribution >= 0.6 is 11.8 Å². The average Bonchev–Trinajstić information content (AvgIpc) is 3.07. The number of hydrogen-bond donors (Lipinski definition) is 2. The molecular formula is C18H21N7OS. The number of aromatic nitrogens is 4. The maximum absolute atomic E-state index is 12.5. The SMILES string of the molecule is Nc1ncnc2c1ncn2CC(=O)Nc1cccc(CN2CCSCC2)c1. The van der Waals surface area contributed by atoms with Crippen molar-refractivity contribution in [3.63, 3.8) is 0 Å². The lowest BCUT2D eigenvalue weighted by Crippen LogP contribution is -2.31. The number of nitrogen functional groups attached to an aromatic ring is 1. The molecule has 140 valence electrons. The Morgan fingerprint density at radius 1 is 1.22 bits per heavy atom. The van der Waals surface area contributed by atoms with Crippen LogP contribution in [0.5, 0.6) is 0 Å². The third-order valence-corrected chi connectivity index (χ3v) is 5.41. The Morgan fingerprint density at radius 2 is 2.07 bits per heavy atom. The van der Waals surface area contributed by atoms with Crippen molar-refractivity contribution < 1.29 is 4.79 Å². The molecule has 1 aliphatic rings. The molecular weight excluding hydrogens is 362 g/mol. The number of rotatable bonds is 5. The van der Waals surface area contributed by atoms with Crippen LogP contribution in [0.3, 0.4) is 0 Å². The number of nitrogens with one attached hydrogen (secondary N) is 1. The molecule has 27 heavy (non-hydrogen) atoms. The number of imidazole rings is 1. The van der Waals surface area contributed by atoms with E-state index in [1.54, 1.807) is 10.9 Å². The van der Waals surface area contributed by atoms with Crippen molar-refractivity contribution in [2.45, 2.75) is 13.1 Å². The van der Waals surface area contributed by atoms with Gasteiger partial charge in [-0.25, -0.2) is 15.0 Å². The maximum Gasteiger partial charge on any atom is 0.244 e. The summed E-state index contributed by atoms with van der Waals surface area (Å²) in [6.07, 6.45) is 2.93. The van der Waals surface area contributed by atoms with E-state index in [1.807, 2.05) is 30.0 Å². The highest BCUT2D eigenvalue weighted by molar-refractivity contribution is 7.99. The van der Waals surface area contributed by atoms with Crippen molar-refractivity contribution in [3.8, 4) is 0 Å². The molecule has 0 spiro atoms. The highest BCUT2D eigenvalue weighted by Crippen LogP contribution is 2.17. The van der Waals surface area contributed by atoms with Crippen molar-refractivity contribution in [1.82, 2.24) is 24.4 Å². The van der Waals surface area contributed by atoms with Gasteiger partial charge in [0, 0.05) is 36.8 Å². The number of carbonyl (C=O) groups excluding carboxylic acids is 1. The van der Waals surface area contributed by atoms with Gasteiger partial charge in [-0.1, -0.05) is 12.1 Å². The zero-order chi connectivity index (χ0) is 18.6. The molecule has 1 amide bonds. The van der Waals surface area contributed by atoms with Gasteiger partial charge in [-0.15, -0.1) is 0 Å². The molecule has 1 aromatic carbocycles. The smallest absolute Gasteiger partial charge is 0.244 e. The minimum absolute atomic E-state index is 0.112. The summed E-state index contributed by atoms with van der Waals surface area (Å²) in [4.78, 5) is 27.2. The normalized spacial score (nSPS) is 15.1. The van der Waals surface area contributed by atoms with Crippen LogP contribution in [0, 0.1) is 0 Å². The van der Waals surface area contributed by atoms with E-state index in [2.05, 4.69) is 31.2 Å². The summed E-state index contributed by atoms with van der Waals surface area (Å²) >= 11 is 2.00.